The molecule has 53 heavy (non-hydrogen) atoms. The Morgan fingerprint density at radius 3 is 2.17 bits per heavy atom. The van der Waals surface area contributed by atoms with Crippen LogP contribution in [0, 0.1) is 42.8 Å². The van der Waals surface area contributed by atoms with E-state index >= 15 is 0 Å². The van der Waals surface area contributed by atoms with Crippen LogP contribution in [-0.4, -0.2) is 31.8 Å². The Kier molecular flexibility index (Phi) is 13.5. The summed E-state index contributed by atoms with van der Waals surface area (Å²) in [5.41, 5.74) is 7.02. The van der Waals surface area contributed by atoms with E-state index in [0.717, 1.165) is 45.1 Å². The van der Waals surface area contributed by atoms with Crippen molar-refractivity contribution in [3.63, 3.8) is 0 Å². The van der Waals surface area contributed by atoms with E-state index in [2.05, 4.69) is 64.4 Å². The minimum absolute atomic E-state index is 0. The van der Waals surface area contributed by atoms with Gasteiger partial charge in [0.15, 0.2) is 7.05 Å². The van der Waals surface area contributed by atoms with Gasteiger partial charge in [-0.15, -0.1) is 42.0 Å². The van der Waals surface area contributed by atoms with E-state index in [-0.39, 0.29) is 42.1 Å². The Balaban J connectivity index is 0.000000542. The zero-order valence-electron chi connectivity index (χ0n) is 28.3. The van der Waals surface area contributed by atoms with E-state index in [1.54, 1.807) is 23.2 Å². The number of hydrogen-bond acceptors (Lipinski definition) is 3. The van der Waals surface area contributed by atoms with Crippen LogP contribution in [0.15, 0.2) is 158 Å². The number of anilines is 3. The summed E-state index contributed by atoms with van der Waals surface area (Å²) in [6, 6.07) is 63.8. The van der Waals surface area contributed by atoms with Gasteiger partial charge in [0.1, 0.15) is 5.69 Å². The number of nitrogens with zero attached hydrogens (tertiary/aromatic N) is 5. The first-order valence-corrected chi connectivity index (χ1v) is 16.1. The topological polar surface area (TPSA) is 36.3 Å². The minimum atomic E-state index is 0. The first kappa shape index (κ1) is 38.4. The molecule has 0 fully saturated rings. The number of hydrogen-bond donors (Lipinski definition) is 0. The van der Waals surface area contributed by atoms with Crippen LogP contribution in [-0.2, 0) is 42.1 Å². The molecule has 0 unspecified atom stereocenters. The molecular formula is C45H29N5OPt2+2. The summed E-state index contributed by atoms with van der Waals surface area (Å²) in [6.07, 6.45) is 15.6. The van der Waals surface area contributed by atoms with Crippen molar-refractivity contribution in [3.05, 3.63) is 195 Å². The van der Waals surface area contributed by atoms with Gasteiger partial charge >= 0.3 is 48.1 Å². The molecule has 1 aliphatic heterocycles. The maximum atomic E-state index is 6.57. The Bertz CT molecular complexity index is 2370. The van der Waals surface area contributed by atoms with Crippen LogP contribution in [0.5, 0.6) is 11.5 Å². The van der Waals surface area contributed by atoms with Crippen LogP contribution in [0.3, 0.4) is 0 Å². The minimum Gasteiger partial charge on any atom is -0.669 e. The molecule has 8 heteroatoms. The van der Waals surface area contributed by atoms with Crippen molar-refractivity contribution in [2.24, 2.45) is 0 Å². The maximum absolute atomic E-state index is 6.57. The van der Waals surface area contributed by atoms with Crippen molar-refractivity contribution >= 4 is 28.8 Å². The predicted octanol–water partition coefficient (Wildman–Crippen LogP) is 9.50. The summed E-state index contributed by atoms with van der Waals surface area (Å²) >= 11 is 0. The molecule has 2 aromatic heterocycles. The smallest absolute Gasteiger partial charge is 0.669 e. The van der Waals surface area contributed by atoms with Gasteiger partial charge < -0.3 is 25.6 Å². The molecule has 7 aromatic rings. The van der Waals surface area contributed by atoms with Crippen molar-refractivity contribution < 1.29 is 56.0 Å². The van der Waals surface area contributed by atoms with Crippen molar-refractivity contribution in [1.82, 2.24) is 9.55 Å². The molecule has 0 spiro atoms. The molecule has 0 atom stereocenters. The fourth-order valence-corrected chi connectivity index (χ4v) is 5.30. The number of para-hydroxylation sites is 2. The van der Waals surface area contributed by atoms with Crippen LogP contribution in [0.4, 0.5) is 22.7 Å². The average molecular weight is 1050 g/mol. The summed E-state index contributed by atoms with van der Waals surface area (Å²) in [5.74, 6) is 1.15. The van der Waals surface area contributed by atoms with Crippen LogP contribution < -0.4 is 9.64 Å². The number of rotatable bonds is 8. The summed E-state index contributed by atoms with van der Waals surface area (Å²) in [7, 11) is 1.93. The third-order valence-corrected chi connectivity index (χ3v) is 7.68. The number of aromatic nitrogens is 2. The molecule has 1 aliphatic rings. The van der Waals surface area contributed by atoms with E-state index in [1.165, 1.54) is 0 Å². The second kappa shape index (κ2) is 18.6. The fourth-order valence-electron chi connectivity index (χ4n) is 5.30. The fraction of sp³-hybridized carbons (Fsp3) is 0.0222. The van der Waals surface area contributed by atoms with Crippen LogP contribution in [0.2, 0.25) is 0 Å². The third kappa shape index (κ3) is 9.75. The van der Waals surface area contributed by atoms with Crippen molar-refractivity contribution in [2.75, 3.05) is 11.9 Å². The Hall–Kier alpha value is -5.81. The van der Waals surface area contributed by atoms with Gasteiger partial charge in [-0.2, -0.15) is 42.5 Å². The van der Waals surface area contributed by atoms with Crippen LogP contribution >= 0.6 is 0 Å². The molecule has 0 aliphatic carbocycles. The van der Waals surface area contributed by atoms with Crippen LogP contribution in [0.25, 0.3) is 22.4 Å². The summed E-state index contributed by atoms with van der Waals surface area (Å²) in [4.78, 5) is 6.74. The van der Waals surface area contributed by atoms with E-state index in [9.17, 15) is 0 Å². The number of benzene rings is 5. The van der Waals surface area contributed by atoms with Gasteiger partial charge in [0.2, 0.25) is 6.20 Å². The molecule has 8 rings (SSSR count). The van der Waals surface area contributed by atoms with Crippen molar-refractivity contribution in [1.29, 1.82) is 0 Å². The van der Waals surface area contributed by atoms with Crippen molar-refractivity contribution in [3.8, 4) is 39.9 Å². The maximum Gasteiger partial charge on any atom is 4.00 e. The van der Waals surface area contributed by atoms with E-state index < -0.39 is 0 Å². The zero-order chi connectivity index (χ0) is 34.8. The van der Waals surface area contributed by atoms with Gasteiger partial charge in [-0.3, -0.25) is 11.1 Å². The monoisotopic (exact) mass is 1050 g/mol. The van der Waals surface area contributed by atoms with Crippen molar-refractivity contribution in [2.45, 2.75) is 0 Å². The predicted molar refractivity (Wildman–Crippen MR) is 198 cm³/mol. The second-order valence-electron chi connectivity index (χ2n) is 11.2. The van der Waals surface area contributed by atoms with Gasteiger partial charge in [0.25, 0.3) is 6.20 Å². The molecule has 0 bridgehead atoms. The molecule has 3 heterocycles. The molecule has 0 amide bonds. The molecule has 6 nitrogen and oxygen atoms in total. The largest absolute Gasteiger partial charge is 4.00 e. The molecular weight excluding hydrogens is 1020 g/mol. The molecule has 258 valence electrons. The standard InChI is InChI=1S/C39H25N4O.C6H4N.2Pt/c1-41-23-24-42(29-41)35-17-10-20-38(28-35)44-37-19-9-12-32(26-37)39-27-31(21-22-40-39)30-11-8-18-36(25-30)43(33-13-4-2-5-14-33)34-15-6-3-7-16-34;1-2-7-5-3-4-6-7;;/h2-15,17-20,22-24,27H,1H3;3-6H;;/q-3;-1;+2;+4. The average Bonchev–Trinajstić information content (AvgIpc) is 3.89. The summed E-state index contributed by atoms with van der Waals surface area (Å²) in [6.45, 7) is 0. The SMILES string of the molecule is C[N+]1=C=[N+](c2[c-]c(Oc3[c-]c(-c4cc(-c5[c-]c(N(c6[c-]cccc6)c6ccccc6)ccc5)[c-]cn4)ccc3)ccc2)C=C1.[C-]#Cn1cccc1.[Pt+2].[Pt+4]. The zero-order valence-corrected chi connectivity index (χ0v) is 32.8. The first-order valence-electron chi connectivity index (χ1n) is 16.1. The van der Waals surface area contributed by atoms with Crippen LogP contribution in [0.1, 0.15) is 0 Å². The van der Waals surface area contributed by atoms with E-state index in [4.69, 9.17) is 11.2 Å². The van der Waals surface area contributed by atoms with E-state index in [0.29, 0.717) is 11.5 Å². The first-order chi connectivity index (χ1) is 25.1. The molecule has 0 saturated carbocycles. The van der Waals surface area contributed by atoms with Gasteiger partial charge in [0.05, 0.1) is 0 Å². The van der Waals surface area contributed by atoms with Gasteiger partial charge in [-0.05, 0) is 24.3 Å². The van der Waals surface area contributed by atoms with E-state index in [1.807, 2.05) is 144 Å². The Labute approximate surface area is 339 Å². The Morgan fingerprint density at radius 1 is 0.736 bits per heavy atom. The second-order valence-corrected chi connectivity index (χ2v) is 11.2. The molecule has 0 saturated heterocycles. The van der Waals surface area contributed by atoms with Gasteiger partial charge in [0, 0.05) is 29.6 Å². The molecule has 0 radical (unpaired) electrons. The summed E-state index contributed by atoms with van der Waals surface area (Å²) in [5, 5.41) is 0. The Morgan fingerprint density at radius 2 is 1.45 bits per heavy atom. The van der Waals surface area contributed by atoms with Gasteiger partial charge in [-0.1, -0.05) is 68.8 Å². The number of ether oxygens (including phenoxy) is 1. The molecule has 5 aromatic carbocycles. The molecule has 0 N–H and O–H groups in total. The van der Waals surface area contributed by atoms with Gasteiger partial charge in [-0.25, -0.2) is 24.2 Å². The third-order valence-electron chi connectivity index (χ3n) is 7.68. The normalized spacial score (nSPS) is 11.0. The summed E-state index contributed by atoms with van der Waals surface area (Å²) < 4.78 is 11.4. The quantitative estimate of drug-likeness (QED) is 0.0866. The number of pyridine rings is 1.